The predicted octanol–water partition coefficient (Wildman–Crippen LogP) is 8.78. The molecule has 16 heteroatoms. The summed E-state index contributed by atoms with van der Waals surface area (Å²) < 4.78 is 68.4. The van der Waals surface area contributed by atoms with Crippen molar-refractivity contribution in [3.8, 4) is 22.6 Å². The largest absolute Gasteiger partial charge is 0.495 e. The van der Waals surface area contributed by atoms with E-state index in [0.29, 0.717) is 44.0 Å². The number of carbonyl (C=O) groups excluding carboxylic acids is 2. The Hall–Kier alpha value is -6.06. The Bertz CT molecular complexity index is 2470. The molecule has 6 aromatic carbocycles. The monoisotopic (exact) mass is 830 g/mol. The molecule has 0 radical (unpaired) electrons. The van der Waals surface area contributed by atoms with Crippen molar-refractivity contribution in [2.45, 2.75) is 9.79 Å². The number of benzene rings is 6. The number of sulfonamides is 2. The van der Waals surface area contributed by atoms with Gasteiger partial charge in [-0.05, 0) is 108 Å². The van der Waals surface area contributed by atoms with Gasteiger partial charge in [-0.1, -0.05) is 59.6 Å². The lowest BCUT2D eigenvalue weighted by Crippen LogP contribution is -2.19. The third kappa shape index (κ3) is 9.07. The van der Waals surface area contributed by atoms with E-state index >= 15 is 0 Å². The number of para-hydroxylation sites is 2. The highest BCUT2D eigenvalue weighted by atomic mass is 35.5. The van der Waals surface area contributed by atoms with Crippen LogP contribution >= 0.6 is 23.2 Å². The van der Waals surface area contributed by atoms with Crippen LogP contribution in [0.2, 0.25) is 10.0 Å². The van der Waals surface area contributed by atoms with Crippen LogP contribution in [0.5, 0.6) is 11.5 Å². The van der Waals surface area contributed by atoms with Crippen LogP contribution in [0.1, 0.15) is 20.7 Å². The fourth-order valence-electron chi connectivity index (χ4n) is 5.50. The Morgan fingerprint density at radius 1 is 0.482 bits per heavy atom. The second kappa shape index (κ2) is 16.8. The Morgan fingerprint density at radius 3 is 1.20 bits per heavy atom. The van der Waals surface area contributed by atoms with Gasteiger partial charge in [0, 0.05) is 10.0 Å². The van der Waals surface area contributed by atoms with Crippen LogP contribution < -0.4 is 29.6 Å². The third-order valence-corrected chi connectivity index (χ3v) is 11.6. The molecule has 12 nitrogen and oxygen atoms in total. The molecule has 0 aliphatic carbocycles. The average Bonchev–Trinajstić information content (AvgIpc) is 3.18. The van der Waals surface area contributed by atoms with Crippen molar-refractivity contribution in [3.63, 3.8) is 0 Å². The van der Waals surface area contributed by atoms with Crippen LogP contribution in [0, 0.1) is 0 Å². The molecule has 0 saturated carbocycles. The first-order valence-electron chi connectivity index (χ1n) is 16.5. The Labute approximate surface area is 333 Å². The molecule has 0 bridgehead atoms. The third-order valence-electron chi connectivity index (χ3n) is 8.31. The smallest absolute Gasteiger partial charge is 0.261 e. The zero-order valence-corrected chi connectivity index (χ0v) is 32.7. The van der Waals surface area contributed by atoms with Crippen LogP contribution in [-0.4, -0.2) is 42.9 Å². The summed E-state index contributed by atoms with van der Waals surface area (Å²) in [5.74, 6) is -0.564. The second-order valence-electron chi connectivity index (χ2n) is 11.9. The molecule has 2 amide bonds. The van der Waals surface area contributed by atoms with Gasteiger partial charge in [0.15, 0.2) is 0 Å². The Kier molecular flexibility index (Phi) is 11.9. The summed E-state index contributed by atoms with van der Waals surface area (Å²) in [6.07, 6.45) is 0. The molecule has 0 fully saturated rings. The Morgan fingerprint density at radius 2 is 0.839 bits per heavy atom. The quantitative estimate of drug-likeness (QED) is 0.0896. The highest BCUT2D eigenvalue weighted by Gasteiger charge is 2.22. The van der Waals surface area contributed by atoms with Crippen molar-refractivity contribution in [2.24, 2.45) is 0 Å². The topological polar surface area (TPSA) is 169 Å². The van der Waals surface area contributed by atoms with E-state index in [0.717, 1.165) is 0 Å². The van der Waals surface area contributed by atoms with E-state index < -0.39 is 31.9 Å². The van der Waals surface area contributed by atoms with E-state index in [1.807, 2.05) is 0 Å². The van der Waals surface area contributed by atoms with E-state index in [9.17, 15) is 26.4 Å². The predicted molar refractivity (Wildman–Crippen MR) is 218 cm³/mol. The van der Waals surface area contributed by atoms with Gasteiger partial charge in [0.2, 0.25) is 0 Å². The van der Waals surface area contributed by atoms with Gasteiger partial charge in [0.1, 0.15) is 11.5 Å². The number of hydrogen-bond acceptors (Lipinski definition) is 8. The SMILES string of the molecule is COc1cc(-c2ccc(NC(=O)c3ccccc3NS(=O)(=O)c3ccc(Cl)cc3)c(OC)c2)ccc1NC(=O)c1ccccc1NS(=O)(=O)c1ccc(Cl)cc1. The maximum atomic E-state index is 13.5. The van der Waals surface area contributed by atoms with Gasteiger partial charge in [-0.3, -0.25) is 19.0 Å². The summed E-state index contributed by atoms with van der Waals surface area (Å²) in [4.78, 5) is 26.9. The maximum Gasteiger partial charge on any atom is 0.261 e. The van der Waals surface area contributed by atoms with Gasteiger partial charge in [-0.2, -0.15) is 0 Å². The fraction of sp³-hybridized carbons (Fsp3) is 0.0500. The van der Waals surface area contributed by atoms with Gasteiger partial charge < -0.3 is 20.1 Å². The maximum absolute atomic E-state index is 13.5. The summed E-state index contributed by atoms with van der Waals surface area (Å²) in [7, 11) is -5.18. The lowest BCUT2D eigenvalue weighted by atomic mass is 10.0. The van der Waals surface area contributed by atoms with Crippen molar-refractivity contribution >= 4 is 77.8 Å². The highest BCUT2D eigenvalue weighted by Crippen LogP contribution is 2.36. The van der Waals surface area contributed by atoms with Crippen LogP contribution in [0.15, 0.2) is 143 Å². The minimum absolute atomic E-state index is 0.0251. The van der Waals surface area contributed by atoms with Crippen LogP contribution in [-0.2, 0) is 20.0 Å². The zero-order valence-electron chi connectivity index (χ0n) is 29.5. The molecule has 4 N–H and O–H groups in total. The molecule has 0 aromatic heterocycles. The number of rotatable bonds is 13. The zero-order chi connectivity index (χ0) is 40.0. The van der Waals surface area contributed by atoms with Crippen molar-refractivity contribution < 1.29 is 35.9 Å². The van der Waals surface area contributed by atoms with Gasteiger partial charge in [-0.25, -0.2) is 16.8 Å². The normalized spacial score (nSPS) is 11.3. The van der Waals surface area contributed by atoms with Gasteiger partial charge in [0.25, 0.3) is 31.9 Å². The molecular weight excluding hydrogens is 799 g/mol. The molecule has 56 heavy (non-hydrogen) atoms. The number of hydrogen-bond donors (Lipinski definition) is 4. The van der Waals surface area contributed by atoms with E-state index in [1.165, 1.54) is 87.0 Å². The van der Waals surface area contributed by atoms with Crippen LogP contribution in [0.3, 0.4) is 0 Å². The van der Waals surface area contributed by atoms with Gasteiger partial charge in [0.05, 0.1) is 57.9 Å². The van der Waals surface area contributed by atoms with Gasteiger partial charge >= 0.3 is 0 Å². The summed E-state index contributed by atoms with van der Waals surface area (Å²) in [6, 6.07) is 33.7. The molecule has 286 valence electrons. The molecule has 0 aliphatic heterocycles. The first-order chi connectivity index (χ1) is 26.8. The van der Waals surface area contributed by atoms with Crippen molar-refractivity contribution in [1.82, 2.24) is 0 Å². The summed E-state index contributed by atoms with van der Waals surface area (Å²) in [5.41, 5.74) is 2.26. The van der Waals surface area contributed by atoms with E-state index in [2.05, 4.69) is 20.1 Å². The molecular formula is C40H32Cl2N4O8S2. The first-order valence-corrected chi connectivity index (χ1v) is 20.2. The standard InChI is InChI=1S/C40H32Cl2N4O8S2/c1-53-37-23-25(11-21-35(37)43-39(47)31-7-3-5-9-33(31)45-55(49,50)29-17-13-27(41)14-18-29)26-12-22-36(38(24-26)54-2)44-40(48)32-8-4-6-10-34(32)46-56(51,52)30-19-15-28(42)16-20-30/h3-24,45-46H,1-2H3,(H,43,47)(H,44,48). The van der Waals surface area contributed by atoms with Crippen molar-refractivity contribution in [2.75, 3.05) is 34.3 Å². The van der Waals surface area contributed by atoms with E-state index in [1.54, 1.807) is 60.7 Å². The fourth-order valence-corrected chi connectivity index (χ4v) is 7.91. The Balaban J connectivity index is 1.19. The minimum Gasteiger partial charge on any atom is -0.495 e. The summed E-state index contributed by atoms with van der Waals surface area (Å²) in [6.45, 7) is 0. The number of halogens is 2. The number of nitrogens with one attached hydrogen (secondary N) is 4. The van der Waals surface area contributed by atoms with Crippen LogP contribution in [0.4, 0.5) is 22.7 Å². The number of ether oxygens (including phenoxy) is 2. The molecule has 0 atom stereocenters. The number of amides is 2. The first kappa shape index (κ1) is 39.6. The van der Waals surface area contributed by atoms with Crippen LogP contribution in [0.25, 0.3) is 11.1 Å². The van der Waals surface area contributed by atoms with Crippen molar-refractivity contribution in [1.29, 1.82) is 0 Å². The lowest BCUT2D eigenvalue weighted by molar-refractivity contribution is 0.101. The molecule has 0 aliphatic rings. The molecule has 0 spiro atoms. The summed E-state index contributed by atoms with van der Waals surface area (Å²) >= 11 is 11.8. The van der Waals surface area contributed by atoms with Crippen molar-refractivity contribution in [3.05, 3.63) is 155 Å². The average molecular weight is 832 g/mol. The molecule has 6 aromatic rings. The highest BCUT2D eigenvalue weighted by molar-refractivity contribution is 7.93. The molecule has 0 unspecified atom stereocenters. The minimum atomic E-state index is -4.03. The lowest BCUT2D eigenvalue weighted by Gasteiger charge is -2.16. The van der Waals surface area contributed by atoms with E-state index in [4.69, 9.17) is 32.7 Å². The second-order valence-corrected chi connectivity index (χ2v) is 16.2. The number of anilines is 4. The number of methoxy groups -OCH3 is 2. The number of carbonyl (C=O) groups is 2. The molecule has 6 rings (SSSR count). The van der Waals surface area contributed by atoms with Gasteiger partial charge in [-0.15, -0.1) is 0 Å². The molecule has 0 heterocycles. The summed E-state index contributed by atoms with van der Waals surface area (Å²) in [5, 5.41) is 6.34. The van der Waals surface area contributed by atoms with E-state index in [-0.39, 0.29) is 32.3 Å². The molecule has 0 saturated heterocycles.